The molecule has 1 saturated carbocycles. The number of aliphatic hydroxyl groups is 1. The van der Waals surface area contributed by atoms with Gasteiger partial charge in [0.15, 0.2) is 0 Å². The number of aliphatic hydroxyl groups excluding tert-OH is 1. The van der Waals surface area contributed by atoms with Gasteiger partial charge in [0.2, 0.25) is 0 Å². The van der Waals surface area contributed by atoms with E-state index in [1.807, 2.05) is 0 Å². The minimum absolute atomic E-state index is 0.112. The number of esters is 1. The molecule has 172 valence electrons. The van der Waals surface area contributed by atoms with Crippen LogP contribution in [0.5, 0.6) is 0 Å². The number of pyridine rings is 1. The Balaban J connectivity index is 2.38. The maximum atomic E-state index is 13.0. The largest absolute Gasteiger partial charge is 0.456 e. The minimum atomic E-state index is -0.862. The average Bonchev–Trinajstić information content (AvgIpc) is 2.54. The Hall–Kier alpha value is -2.88. The number of nitrogens with zero attached hydrogens (tertiary/aromatic N) is 2. The van der Waals surface area contributed by atoms with Gasteiger partial charge >= 0.3 is 12.1 Å². The van der Waals surface area contributed by atoms with Crippen LogP contribution in [0.15, 0.2) is 17.1 Å². The SMILES string of the molecule is CN(NC(=O)OC(C)(C)C)C(=O)c1cc(=O)n(C2CC(O)C2)cc1C(=O)OC(C)(C)C. The van der Waals surface area contributed by atoms with E-state index in [0.717, 1.165) is 11.1 Å². The normalized spacial score (nSPS) is 18.6. The molecule has 0 atom stereocenters. The summed E-state index contributed by atoms with van der Waals surface area (Å²) in [6.07, 6.45) is 0.662. The topological polar surface area (TPSA) is 127 Å². The standard InChI is InChI=1S/C21H31N3O7/c1-20(2,3)30-18(28)15-11-24(12-8-13(25)9-12)16(26)10-14(15)17(27)23(7)22-19(29)31-21(4,5)6/h10-13,25H,8-9H2,1-7H3,(H,22,29). The third-order valence-electron chi connectivity index (χ3n) is 4.37. The van der Waals surface area contributed by atoms with Gasteiger partial charge in [-0.05, 0) is 54.4 Å². The highest BCUT2D eigenvalue weighted by molar-refractivity contribution is 6.05. The second kappa shape index (κ2) is 8.70. The predicted octanol–water partition coefficient (Wildman–Crippen LogP) is 2.01. The summed E-state index contributed by atoms with van der Waals surface area (Å²) in [4.78, 5) is 50.4. The summed E-state index contributed by atoms with van der Waals surface area (Å²) < 4.78 is 11.8. The van der Waals surface area contributed by atoms with E-state index in [-0.39, 0.29) is 17.2 Å². The average molecular weight is 437 g/mol. The third kappa shape index (κ3) is 6.55. The fourth-order valence-electron chi connectivity index (χ4n) is 2.96. The Morgan fingerprint density at radius 2 is 1.61 bits per heavy atom. The second-order valence-corrected chi connectivity index (χ2v) is 9.61. The van der Waals surface area contributed by atoms with Crippen LogP contribution < -0.4 is 11.0 Å². The van der Waals surface area contributed by atoms with Crippen LogP contribution in [0.3, 0.4) is 0 Å². The van der Waals surface area contributed by atoms with Crippen LogP contribution in [0.2, 0.25) is 0 Å². The van der Waals surface area contributed by atoms with E-state index in [0.29, 0.717) is 12.8 Å². The Morgan fingerprint density at radius 3 is 2.10 bits per heavy atom. The third-order valence-corrected chi connectivity index (χ3v) is 4.37. The molecule has 1 fully saturated rings. The molecule has 1 aliphatic carbocycles. The van der Waals surface area contributed by atoms with E-state index < -0.39 is 40.8 Å². The molecule has 0 saturated heterocycles. The zero-order valence-electron chi connectivity index (χ0n) is 19.0. The molecule has 1 aromatic heterocycles. The summed E-state index contributed by atoms with van der Waals surface area (Å²) in [7, 11) is 1.28. The number of carbonyl (C=O) groups is 3. The van der Waals surface area contributed by atoms with E-state index in [1.54, 1.807) is 41.5 Å². The van der Waals surface area contributed by atoms with Crippen molar-refractivity contribution in [2.75, 3.05) is 7.05 Å². The summed E-state index contributed by atoms with van der Waals surface area (Å²) in [6, 6.07) is 0.769. The number of hydrazine groups is 1. The number of hydrogen-bond acceptors (Lipinski definition) is 7. The Kier molecular flexibility index (Phi) is 6.84. The number of amides is 2. The lowest BCUT2D eigenvalue weighted by atomic mass is 9.89. The van der Waals surface area contributed by atoms with Gasteiger partial charge in [0.1, 0.15) is 11.2 Å². The van der Waals surface area contributed by atoms with Crippen molar-refractivity contribution in [2.45, 2.75) is 77.7 Å². The van der Waals surface area contributed by atoms with Crippen molar-refractivity contribution in [3.05, 3.63) is 33.7 Å². The first-order valence-electron chi connectivity index (χ1n) is 10.0. The molecule has 1 aromatic rings. The molecule has 0 bridgehead atoms. The van der Waals surface area contributed by atoms with Gasteiger partial charge in [-0.15, -0.1) is 0 Å². The van der Waals surface area contributed by atoms with Gasteiger partial charge in [-0.1, -0.05) is 0 Å². The molecule has 1 heterocycles. The highest BCUT2D eigenvalue weighted by Crippen LogP contribution is 2.31. The second-order valence-electron chi connectivity index (χ2n) is 9.61. The lowest BCUT2D eigenvalue weighted by Crippen LogP contribution is -2.46. The molecule has 0 aromatic carbocycles. The Bertz CT molecular complexity index is 918. The van der Waals surface area contributed by atoms with E-state index in [1.165, 1.54) is 17.8 Å². The number of nitrogens with one attached hydrogen (secondary N) is 1. The van der Waals surface area contributed by atoms with Gasteiger partial charge in [0.05, 0.1) is 17.2 Å². The molecule has 10 heteroatoms. The van der Waals surface area contributed by atoms with E-state index in [4.69, 9.17) is 9.47 Å². The first-order valence-corrected chi connectivity index (χ1v) is 10.0. The minimum Gasteiger partial charge on any atom is -0.456 e. The molecule has 31 heavy (non-hydrogen) atoms. The quantitative estimate of drug-likeness (QED) is 0.547. The maximum Gasteiger partial charge on any atom is 0.426 e. The molecule has 1 aliphatic rings. The summed E-state index contributed by atoms with van der Waals surface area (Å²) in [6.45, 7) is 10.1. The highest BCUT2D eigenvalue weighted by atomic mass is 16.6. The monoisotopic (exact) mass is 437 g/mol. The fraction of sp³-hybridized carbons (Fsp3) is 0.619. The lowest BCUT2D eigenvalue weighted by Gasteiger charge is -2.33. The first kappa shape index (κ1) is 24.4. The van der Waals surface area contributed by atoms with Crippen LogP contribution in [-0.4, -0.2) is 57.0 Å². The van der Waals surface area contributed by atoms with Crippen molar-refractivity contribution in [3.8, 4) is 0 Å². The molecule has 2 N–H and O–H groups in total. The van der Waals surface area contributed by atoms with Crippen LogP contribution in [-0.2, 0) is 9.47 Å². The summed E-state index contributed by atoms with van der Waals surface area (Å²) in [5, 5.41) is 10.4. The zero-order valence-corrected chi connectivity index (χ0v) is 19.0. The molecule has 2 rings (SSSR count). The summed E-state index contributed by atoms with van der Waals surface area (Å²) in [5.41, 5.74) is -0.167. The predicted molar refractivity (Wildman–Crippen MR) is 112 cm³/mol. The van der Waals surface area contributed by atoms with Gasteiger partial charge in [-0.3, -0.25) is 14.6 Å². The van der Waals surface area contributed by atoms with Crippen LogP contribution in [0.25, 0.3) is 0 Å². The van der Waals surface area contributed by atoms with Gasteiger partial charge in [0.25, 0.3) is 11.5 Å². The first-order chi connectivity index (χ1) is 14.1. The molecule has 0 aliphatic heterocycles. The van der Waals surface area contributed by atoms with Crippen molar-refractivity contribution in [2.24, 2.45) is 0 Å². The molecule has 0 spiro atoms. The fourth-order valence-corrected chi connectivity index (χ4v) is 2.96. The Morgan fingerprint density at radius 1 is 1.06 bits per heavy atom. The van der Waals surface area contributed by atoms with Gasteiger partial charge < -0.3 is 19.1 Å². The van der Waals surface area contributed by atoms with Crippen molar-refractivity contribution in [3.63, 3.8) is 0 Å². The summed E-state index contributed by atoms with van der Waals surface area (Å²) in [5.74, 6) is -1.57. The molecule has 2 amide bonds. The van der Waals surface area contributed by atoms with Crippen molar-refractivity contribution >= 4 is 18.0 Å². The van der Waals surface area contributed by atoms with Gasteiger partial charge in [-0.25, -0.2) is 15.0 Å². The molecule has 0 unspecified atom stereocenters. The van der Waals surface area contributed by atoms with Crippen molar-refractivity contribution in [1.82, 2.24) is 15.0 Å². The molecular formula is C21H31N3O7. The van der Waals surface area contributed by atoms with Crippen LogP contribution in [0.1, 0.15) is 81.1 Å². The smallest absolute Gasteiger partial charge is 0.426 e. The van der Waals surface area contributed by atoms with E-state index in [9.17, 15) is 24.3 Å². The van der Waals surface area contributed by atoms with Crippen LogP contribution >= 0.6 is 0 Å². The van der Waals surface area contributed by atoms with Gasteiger partial charge in [0, 0.05) is 25.4 Å². The lowest BCUT2D eigenvalue weighted by molar-refractivity contribution is 0.00642. The number of carbonyl (C=O) groups excluding carboxylic acids is 3. The molecular weight excluding hydrogens is 406 g/mol. The Labute approximate surface area is 181 Å². The van der Waals surface area contributed by atoms with Gasteiger partial charge in [-0.2, -0.15) is 0 Å². The molecule has 0 radical (unpaired) electrons. The van der Waals surface area contributed by atoms with E-state index >= 15 is 0 Å². The number of ether oxygens (including phenoxy) is 2. The summed E-state index contributed by atoms with van der Waals surface area (Å²) >= 11 is 0. The number of aromatic nitrogens is 1. The number of rotatable bonds is 3. The van der Waals surface area contributed by atoms with Crippen LogP contribution in [0.4, 0.5) is 4.79 Å². The van der Waals surface area contributed by atoms with Crippen molar-refractivity contribution in [1.29, 1.82) is 0 Å². The van der Waals surface area contributed by atoms with E-state index in [2.05, 4.69) is 5.43 Å². The maximum absolute atomic E-state index is 13.0. The van der Waals surface area contributed by atoms with Crippen molar-refractivity contribution < 1.29 is 29.0 Å². The zero-order chi connectivity index (χ0) is 23.7. The highest BCUT2D eigenvalue weighted by Gasteiger charge is 2.33. The van der Waals surface area contributed by atoms with Crippen LogP contribution in [0, 0.1) is 0 Å². The molecule has 10 nitrogen and oxygen atoms in total. The number of hydrogen-bond donors (Lipinski definition) is 2.